The third kappa shape index (κ3) is 4.98. The lowest BCUT2D eigenvalue weighted by Crippen LogP contribution is -2.41. The zero-order valence-electron chi connectivity index (χ0n) is 22.5. The van der Waals surface area contributed by atoms with Gasteiger partial charge >= 0.3 is 0 Å². The summed E-state index contributed by atoms with van der Waals surface area (Å²) >= 11 is 0. The highest BCUT2D eigenvalue weighted by Gasteiger charge is 2.28. The van der Waals surface area contributed by atoms with Crippen molar-refractivity contribution >= 4 is 29.4 Å². The minimum atomic E-state index is -0.0918. The summed E-state index contributed by atoms with van der Waals surface area (Å²) in [6.45, 7) is 11.7. The van der Waals surface area contributed by atoms with Crippen LogP contribution in [0.5, 0.6) is 5.75 Å². The Kier molecular flexibility index (Phi) is 6.88. The third-order valence-corrected chi connectivity index (χ3v) is 7.45. The van der Waals surface area contributed by atoms with Gasteiger partial charge in [0.15, 0.2) is 0 Å². The summed E-state index contributed by atoms with van der Waals surface area (Å²) in [4.78, 5) is 28.5. The van der Waals surface area contributed by atoms with Gasteiger partial charge in [0.2, 0.25) is 6.41 Å². The second-order valence-electron chi connectivity index (χ2n) is 11.2. The minimum Gasteiger partial charge on any atom is -0.506 e. The van der Waals surface area contributed by atoms with Crippen molar-refractivity contribution in [3.05, 3.63) is 71.3 Å². The van der Waals surface area contributed by atoms with Gasteiger partial charge < -0.3 is 25.0 Å². The van der Waals surface area contributed by atoms with Gasteiger partial charge in [0.1, 0.15) is 5.75 Å². The lowest BCUT2D eigenvalue weighted by Gasteiger charge is -2.35. The Morgan fingerprint density at radius 3 is 2.55 bits per heavy atom. The number of fused-ring (bicyclic) bond motifs is 1. The van der Waals surface area contributed by atoms with Crippen LogP contribution in [0, 0.1) is 0 Å². The smallest absolute Gasteiger partial charge is 0.258 e. The van der Waals surface area contributed by atoms with E-state index in [9.17, 15) is 14.7 Å². The van der Waals surface area contributed by atoms with E-state index in [0.717, 1.165) is 29.8 Å². The average molecular weight is 514 g/mol. The number of nitrogens with zero attached hydrogens (tertiary/aromatic N) is 2. The van der Waals surface area contributed by atoms with Crippen molar-refractivity contribution in [1.29, 1.82) is 0 Å². The summed E-state index contributed by atoms with van der Waals surface area (Å²) in [7, 11) is 0. The predicted octanol–water partition coefficient (Wildman–Crippen LogP) is 5.35. The zero-order valence-corrected chi connectivity index (χ0v) is 22.5. The topological polar surface area (TPSA) is 82.1 Å². The molecule has 2 amide bonds. The van der Waals surface area contributed by atoms with E-state index in [1.807, 2.05) is 12.1 Å². The number of hydrogen-bond acceptors (Lipinski definition) is 5. The second-order valence-corrected chi connectivity index (χ2v) is 11.2. The minimum absolute atomic E-state index is 0.0340. The number of phenolic OH excluding ortho intramolecular Hbond substituents is 1. The largest absolute Gasteiger partial charge is 0.506 e. The summed E-state index contributed by atoms with van der Waals surface area (Å²) in [5.74, 6) is -0.135. The van der Waals surface area contributed by atoms with Crippen LogP contribution in [0.15, 0.2) is 54.6 Å². The molecule has 0 spiro atoms. The van der Waals surface area contributed by atoms with E-state index in [0.29, 0.717) is 37.2 Å². The molecule has 0 bridgehead atoms. The summed E-state index contributed by atoms with van der Waals surface area (Å²) in [6.07, 6.45) is 1.38. The van der Waals surface area contributed by atoms with Crippen LogP contribution in [-0.4, -0.2) is 49.8 Å². The molecule has 198 valence electrons. The van der Waals surface area contributed by atoms with Gasteiger partial charge in [-0.1, -0.05) is 45.0 Å². The number of carbonyl (C=O) groups is 2. The van der Waals surface area contributed by atoms with E-state index in [-0.39, 0.29) is 28.9 Å². The highest BCUT2D eigenvalue weighted by Crippen LogP contribution is 2.38. The predicted molar refractivity (Wildman–Crippen MR) is 151 cm³/mol. The highest BCUT2D eigenvalue weighted by molar-refractivity contribution is 6.09. The number of phenols is 1. The van der Waals surface area contributed by atoms with Gasteiger partial charge in [0, 0.05) is 42.1 Å². The number of nitrogens with one attached hydrogen (secondary N) is 1. The molecule has 0 unspecified atom stereocenters. The maximum absolute atomic E-state index is 13.5. The molecule has 0 aromatic heterocycles. The van der Waals surface area contributed by atoms with Gasteiger partial charge in [-0.05, 0) is 65.8 Å². The fraction of sp³-hybridized carbons (Fsp3) is 0.355. The second kappa shape index (κ2) is 10.1. The molecule has 2 N–H and O–H groups in total. The summed E-state index contributed by atoms with van der Waals surface area (Å²) in [5, 5.41) is 12.5. The molecule has 2 heterocycles. The van der Waals surface area contributed by atoms with Gasteiger partial charge in [0.25, 0.3) is 5.91 Å². The number of hydrogen-bond donors (Lipinski definition) is 2. The number of morpholine rings is 1. The van der Waals surface area contributed by atoms with Crippen molar-refractivity contribution in [2.24, 2.45) is 0 Å². The Hall–Kier alpha value is -3.84. The molecule has 38 heavy (non-hydrogen) atoms. The molecule has 3 aromatic carbocycles. The Morgan fingerprint density at radius 2 is 1.82 bits per heavy atom. The molecule has 2 aliphatic heterocycles. The van der Waals surface area contributed by atoms with Crippen LogP contribution in [0.1, 0.15) is 49.2 Å². The molecule has 0 radical (unpaired) electrons. The van der Waals surface area contributed by atoms with Crippen LogP contribution in [0.4, 0.5) is 17.1 Å². The number of amides is 2. The van der Waals surface area contributed by atoms with Crippen LogP contribution < -0.4 is 15.1 Å². The fourth-order valence-corrected chi connectivity index (χ4v) is 5.31. The van der Waals surface area contributed by atoms with Crippen LogP contribution in [0.25, 0.3) is 11.1 Å². The van der Waals surface area contributed by atoms with Crippen molar-refractivity contribution in [1.82, 2.24) is 0 Å². The van der Waals surface area contributed by atoms with E-state index >= 15 is 0 Å². The lowest BCUT2D eigenvalue weighted by molar-refractivity contribution is -0.105. The van der Waals surface area contributed by atoms with Gasteiger partial charge in [-0.25, -0.2) is 0 Å². The molecule has 3 aromatic rings. The van der Waals surface area contributed by atoms with E-state index < -0.39 is 0 Å². The fourth-order valence-electron chi connectivity index (χ4n) is 5.31. The maximum atomic E-state index is 13.5. The van der Waals surface area contributed by atoms with Gasteiger partial charge in [-0.15, -0.1) is 0 Å². The van der Waals surface area contributed by atoms with Crippen molar-refractivity contribution < 1.29 is 19.4 Å². The molecular weight excluding hydrogens is 478 g/mol. The molecule has 7 nitrogen and oxygen atoms in total. The summed E-state index contributed by atoms with van der Waals surface area (Å²) in [6, 6.07) is 17.7. The Morgan fingerprint density at radius 1 is 1.03 bits per heavy atom. The number of benzene rings is 3. The van der Waals surface area contributed by atoms with E-state index in [4.69, 9.17) is 4.74 Å². The van der Waals surface area contributed by atoms with Crippen molar-refractivity contribution in [2.75, 3.05) is 41.4 Å². The lowest BCUT2D eigenvalue weighted by atomic mass is 9.84. The molecule has 0 saturated carbocycles. The van der Waals surface area contributed by atoms with Gasteiger partial charge in [-0.2, -0.15) is 0 Å². The van der Waals surface area contributed by atoms with Gasteiger partial charge in [0.05, 0.1) is 18.4 Å². The SMILES string of the molecule is C[C@H]1CN(c2cc(C(C)(C)C)ccc2-c2ccc3c(c2)CCN(c2ccc(O)c(NC=O)c2)C3=O)CCO1. The Labute approximate surface area is 224 Å². The Bertz CT molecular complexity index is 1380. The van der Waals surface area contributed by atoms with Crippen LogP contribution in [0.3, 0.4) is 0 Å². The van der Waals surface area contributed by atoms with Crippen LogP contribution in [0.2, 0.25) is 0 Å². The first-order valence-electron chi connectivity index (χ1n) is 13.1. The van der Waals surface area contributed by atoms with Crippen molar-refractivity contribution in [2.45, 2.75) is 45.6 Å². The maximum Gasteiger partial charge on any atom is 0.258 e. The molecule has 5 rings (SSSR count). The van der Waals surface area contributed by atoms with E-state index in [1.54, 1.807) is 17.0 Å². The molecule has 2 aliphatic rings. The zero-order chi connectivity index (χ0) is 27.0. The van der Waals surface area contributed by atoms with Gasteiger partial charge in [-0.3, -0.25) is 9.59 Å². The third-order valence-electron chi connectivity index (χ3n) is 7.45. The number of rotatable bonds is 5. The molecular formula is C31H35N3O4. The first-order valence-corrected chi connectivity index (χ1v) is 13.1. The van der Waals surface area contributed by atoms with Crippen molar-refractivity contribution in [3.63, 3.8) is 0 Å². The monoisotopic (exact) mass is 513 g/mol. The molecule has 1 saturated heterocycles. The van der Waals surface area contributed by atoms with Crippen molar-refractivity contribution in [3.8, 4) is 16.9 Å². The molecule has 1 atom stereocenters. The number of carbonyl (C=O) groups excluding carboxylic acids is 2. The Balaban J connectivity index is 1.49. The number of anilines is 3. The summed E-state index contributed by atoms with van der Waals surface area (Å²) in [5.41, 5.74) is 7.39. The quantitative estimate of drug-likeness (QED) is 0.355. The standard InChI is InChI=1S/C31H35N3O4/c1-20-18-33(13-14-38-20)28-16-23(31(2,3)4)6-9-25(28)21-5-8-26-22(15-21)11-12-34(30(26)37)24-7-10-29(36)27(17-24)32-19-35/h5-10,15-17,19-20,36H,11-14,18H2,1-4H3,(H,32,35)/t20-/m0/s1. The number of ether oxygens (including phenoxy) is 1. The summed E-state index contributed by atoms with van der Waals surface area (Å²) < 4.78 is 5.81. The molecule has 0 aliphatic carbocycles. The molecule has 1 fully saturated rings. The molecule has 7 heteroatoms. The van der Waals surface area contributed by atoms with Crippen LogP contribution in [-0.2, 0) is 21.4 Å². The van der Waals surface area contributed by atoms with E-state index in [2.05, 4.69) is 62.2 Å². The van der Waals surface area contributed by atoms with Crippen LogP contribution >= 0.6 is 0 Å². The number of aromatic hydroxyl groups is 1. The normalized spacial score (nSPS) is 17.8. The van der Waals surface area contributed by atoms with E-state index in [1.165, 1.54) is 17.3 Å². The first-order chi connectivity index (χ1) is 18.2. The average Bonchev–Trinajstić information content (AvgIpc) is 2.89. The highest BCUT2D eigenvalue weighted by atomic mass is 16.5. The first kappa shape index (κ1) is 25.8.